The topological polar surface area (TPSA) is 78.9 Å². The van der Waals surface area contributed by atoms with E-state index in [1.807, 2.05) is 0 Å². The van der Waals surface area contributed by atoms with E-state index in [0.717, 1.165) is 89.9 Å². The number of carbonyl (C=O) groups excluding carboxylic acids is 3. The van der Waals surface area contributed by atoms with E-state index in [4.69, 9.17) is 14.2 Å². The van der Waals surface area contributed by atoms with Gasteiger partial charge in [0, 0.05) is 19.3 Å². The Morgan fingerprint density at radius 2 is 0.578 bits per heavy atom. The first-order valence-electron chi connectivity index (χ1n) is 26.9. The number of carbonyl (C=O) groups is 3. The van der Waals surface area contributed by atoms with E-state index in [1.54, 1.807) is 0 Å². The normalized spacial score (nSPS) is 12.6. The van der Waals surface area contributed by atoms with Gasteiger partial charge in [-0.2, -0.15) is 0 Å². The molecule has 0 fully saturated rings. The average Bonchev–Trinajstić information content (AvgIpc) is 3.29. The van der Waals surface area contributed by atoms with E-state index < -0.39 is 6.10 Å². The average molecular weight is 893 g/mol. The molecule has 0 bridgehead atoms. The van der Waals surface area contributed by atoms with Crippen molar-refractivity contribution in [1.82, 2.24) is 0 Å². The second kappa shape index (κ2) is 52.5. The fraction of sp³-hybridized carbons (Fsp3) is 0.741. The third kappa shape index (κ3) is 49.9. The Bertz CT molecular complexity index is 1210. The van der Waals surface area contributed by atoms with Gasteiger partial charge in [-0.05, 0) is 109 Å². The molecule has 0 aromatic rings. The van der Waals surface area contributed by atoms with Gasteiger partial charge in [0.05, 0.1) is 0 Å². The van der Waals surface area contributed by atoms with Crippen LogP contribution in [0.2, 0.25) is 0 Å². The van der Waals surface area contributed by atoms with Crippen LogP contribution in [0.3, 0.4) is 0 Å². The summed E-state index contributed by atoms with van der Waals surface area (Å²) in [4.78, 5) is 38.0. The second-order valence-corrected chi connectivity index (χ2v) is 17.8. The highest BCUT2D eigenvalue weighted by molar-refractivity contribution is 5.71. The monoisotopic (exact) mass is 893 g/mol. The first-order valence-corrected chi connectivity index (χ1v) is 26.9. The van der Waals surface area contributed by atoms with E-state index in [1.165, 1.54) is 122 Å². The van der Waals surface area contributed by atoms with Crippen LogP contribution in [0, 0.1) is 0 Å². The van der Waals surface area contributed by atoms with Crippen LogP contribution in [-0.2, 0) is 28.6 Å². The van der Waals surface area contributed by atoms with Crippen molar-refractivity contribution in [1.29, 1.82) is 0 Å². The quantitative estimate of drug-likeness (QED) is 0.0262. The van der Waals surface area contributed by atoms with Gasteiger partial charge in [0.15, 0.2) is 6.10 Å². The number of hydrogen-bond donors (Lipinski definition) is 0. The second-order valence-electron chi connectivity index (χ2n) is 17.8. The first-order chi connectivity index (χ1) is 31.5. The molecule has 0 aromatic carbocycles. The summed E-state index contributed by atoms with van der Waals surface area (Å²) in [7, 11) is 0. The maximum Gasteiger partial charge on any atom is 0.306 e. The van der Waals surface area contributed by atoms with Crippen LogP contribution in [0.1, 0.15) is 258 Å². The Morgan fingerprint density at radius 3 is 1.00 bits per heavy atom. The molecular weight excluding hydrogens is 793 g/mol. The van der Waals surface area contributed by atoms with Crippen molar-refractivity contribution in [3.05, 3.63) is 72.9 Å². The van der Waals surface area contributed by atoms with Crippen molar-refractivity contribution in [3.8, 4) is 0 Å². The molecule has 0 aromatic heterocycles. The molecule has 1 atom stereocenters. The standard InChI is InChI=1S/C58H100O6/c1-4-7-10-13-16-19-22-25-27-29-31-33-36-39-42-45-48-51-57(60)63-54-55(53-62-56(59)50-47-44-41-38-35-32-24-21-18-15-12-9-6-3)64-58(61)52-49-46-43-40-37-34-30-28-26-23-20-17-14-11-8-5-2/h16,19,25,27-28,30-33,35,39,42,55H,4-15,17-18,20-24,26,29,34,36-38,40-41,43-54H2,1-3H3/b19-16-,27-25-,30-28-,33-31-,35-32-,42-39-. The molecule has 0 aliphatic rings. The zero-order valence-corrected chi connectivity index (χ0v) is 42.0. The molecule has 0 spiro atoms. The zero-order valence-electron chi connectivity index (χ0n) is 42.0. The summed E-state index contributed by atoms with van der Waals surface area (Å²) in [6, 6.07) is 0. The summed E-state index contributed by atoms with van der Waals surface area (Å²) >= 11 is 0. The SMILES string of the molecule is CCCCC/C=C\C/C=C\C/C=C\C/C=C\CCCC(=O)OCC(COC(=O)CCCCC/C=C\CCCCCCCC)OC(=O)CCCCCCC/C=C\CCCCCCCCC. The van der Waals surface area contributed by atoms with Crippen LogP contribution in [-0.4, -0.2) is 37.2 Å². The minimum atomic E-state index is -0.807. The largest absolute Gasteiger partial charge is 0.462 e. The summed E-state index contributed by atoms with van der Waals surface area (Å²) in [5.74, 6) is -0.981. The fourth-order valence-electron chi connectivity index (χ4n) is 7.31. The molecule has 0 amide bonds. The molecule has 0 heterocycles. The lowest BCUT2D eigenvalue weighted by atomic mass is 10.1. The van der Waals surface area contributed by atoms with Crippen molar-refractivity contribution < 1.29 is 28.6 Å². The molecule has 6 nitrogen and oxygen atoms in total. The highest BCUT2D eigenvalue weighted by Crippen LogP contribution is 2.13. The van der Waals surface area contributed by atoms with Crippen LogP contribution >= 0.6 is 0 Å². The van der Waals surface area contributed by atoms with Crippen molar-refractivity contribution >= 4 is 17.9 Å². The van der Waals surface area contributed by atoms with Crippen molar-refractivity contribution in [2.75, 3.05) is 13.2 Å². The lowest BCUT2D eigenvalue weighted by Gasteiger charge is -2.18. The predicted molar refractivity (Wildman–Crippen MR) is 274 cm³/mol. The lowest BCUT2D eigenvalue weighted by molar-refractivity contribution is -0.167. The Labute approximate surface area is 395 Å². The number of hydrogen-bond acceptors (Lipinski definition) is 6. The van der Waals surface area contributed by atoms with Gasteiger partial charge in [-0.15, -0.1) is 0 Å². The minimum absolute atomic E-state index is 0.103. The molecule has 0 aliphatic carbocycles. The van der Waals surface area contributed by atoms with Crippen LogP contribution in [0.4, 0.5) is 0 Å². The molecule has 0 saturated carbocycles. The molecule has 368 valence electrons. The molecule has 6 heteroatoms. The van der Waals surface area contributed by atoms with Gasteiger partial charge in [-0.1, -0.05) is 203 Å². The van der Waals surface area contributed by atoms with E-state index >= 15 is 0 Å². The van der Waals surface area contributed by atoms with Crippen molar-refractivity contribution in [3.63, 3.8) is 0 Å². The summed E-state index contributed by atoms with van der Waals surface area (Å²) in [6.45, 7) is 6.54. The smallest absolute Gasteiger partial charge is 0.306 e. The van der Waals surface area contributed by atoms with Gasteiger partial charge in [0.25, 0.3) is 0 Å². The van der Waals surface area contributed by atoms with E-state index in [9.17, 15) is 14.4 Å². The molecule has 0 saturated heterocycles. The summed E-state index contributed by atoms with van der Waals surface area (Å²) in [6.07, 6.45) is 66.0. The van der Waals surface area contributed by atoms with E-state index in [2.05, 4.69) is 93.7 Å². The number of esters is 3. The van der Waals surface area contributed by atoms with Gasteiger partial charge in [-0.3, -0.25) is 14.4 Å². The third-order valence-corrected chi connectivity index (χ3v) is 11.4. The lowest BCUT2D eigenvalue weighted by Crippen LogP contribution is -2.30. The maximum atomic E-state index is 12.8. The zero-order chi connectivity index (χ0) is 46.5. The summed E-state index contributed by atoms with van der Waals surface area (Å²) in [5, 5.41) is 0. The molecule has 0 aliphatic heterocycles. The van der Waals surface area contributed by atoms with Gasteiger partial charge in [0.2, 0.25) is 0 Å². The van der Waals surface area contributed by atoms with Crippen LogP contribution in [0.15, 0.2) is 72.9 Å². The van der Waals surface area contributed by atoms with Gasteiger partial charge < -0.3 is 14.2 Å². The Kier molecular flexibility index (Phi) is 49.9. The predicted octanol–water partition coefficient (Wildman–Crippen LogP) is 17.8. The summed E-state index contributed by atoms with van der Waals surface area (Å²) < 4.78 is 16.7. The Hall–Kier alpha value is -3.15. The van der Waals surface area contributed by atoms with Crippen molar-refractivity contribution in [2.45, 2.75) is 264 Å². The summed E-state index contributed by atoms with van der Waals surface area (Å²) in [5.41, 5.74) is 0. The fourth-order valence-corrected chi connectivity index (χ4v) is 7.31. The highest BCUT2D eigenvalue weighted by Gasteiger charge is 2.19. The minimum Gasteiger partial charge on any atom is -0.462 e. The molecule has 0 radical (unpaired) electrons. The van der Waals surface area contributed by atoms with Crippen molar-refractivity contribution in [2.24, 2.45) is 0 Å². The van der Waals surface area contributed by atoms with Crippen LogP contribution in [0.25, 0.3) is 0 Å². The number of allylic oxidation sites excluding steroid dienone is 12. The van der Waals surface area contributed by atoms with E-state index in [-0.39, 0.29) is 37.5 Å². The molecule has 1 unspecified atom stereocenters. The number of rotatable bonds is 48. The van der Waals surface area contributed by atoms with Gasteiger partial charge in [-0.25, -0.2) is 0 Å². The van der Waals surface area contributed by atoms with Crippen LogP contribution < -0.4 is 0 Å². The Morgan fingerprint density at radius 1 is 0.312 bits per heavy atom. The van der Waals surface area contributed by atoms with E-state index in [0.29, 0.717) is 19.3 Å². The molecule has 0 rings (SSSR count). The van der Waals surface area contributed by atoms with Gasteiger partial charge >= 0.3 is 17.9 Å². The molecule has 0 N–H and O–H groups in total. The molecular formula is C58H100O6. The molecule has 64 heavy (non-hydrogen) atoms. The number of unbranched alkanes of at least 4 members (excludes halogenated alkanes) is 25. The first kappa shape index (κ1) is 60.9. The highest BCUT2D eigenvalue weighted by atomic mass is 16.6. The number of ether oxygens (including phenoxy) is 3. The third-order valence-electron chi connectivity index (χ3n) is 11.4. The van der Waals surface area contributed by atoms with Crippen LogP contribution in [0.5, 0.6) is 0 Å². The van der Waals surface area contributed by atoms with Gasteiger partial charge in [0.1, 0.15) is 13.2 Å². The Balaban J connectivity index is 4.49. The maximum absolute atomic E-state index is 12.8.